The summed E-state index contributed by atoms with van der Waals surface area (Å²) in [6.07, 6.45) is 0.236. The quantitative estimate of drug-likeness (QED) is 0.620. The Hall–Kier alpha value is -2.97. The first kappa shape index (κ1) is 18.4. The molecule has 2 rings (SSSR count). The van der Waals surface area contributed by atoms with Crippen LogP contribution < -0.4 is 16.0 Å². The van der Waals surface area contributed by atoms with Crippen molar-refractivity contribution >= 4 is 23.8 Å². The summed E-state index contributed by atoms with van der Waals surface area (Å²) in [6.45, 7) is 0.942. The lowest BCUT2D eigenvalue weighted by Crippen LogP contribution is -2.45. The van der Waals surface area contributed by atoms with Crippen molar-refractivity contribution in [3.05, 3.63) is 35.6 Å². The van der Waals surface area contributed by atoms with Crippen LogP contribution in [0.4, 0.5) is 9.18 Å². The van der Waals surface area contributed by atoms with Crippen LogP contribution in [0.25, 0.3) is 0 Å². The van der Waals surface area contributed by atoms with E-state index in [0.29, 0.717) is 5.56 Å². The van der Waals surface area contributed by atoms with E-state index in [1.54, 1.807) is 6.92 Å². The van der Waals surface area contributed by atoms with E-state index in [4.69, 9.17) is 0 Å². The molecule has 9 heteroatoms. The molecule has 0 bridgehead atoms. The zero-order valence-electron chi connectivity index (χ0n) is 13.9. The lowest BCUT2D eigenvalue weighted by atomic mass is 9.87. The fraction of sp³-hybridized carbons (Fsp3) is 0.375. The van der Waals surface area contributed by atoms with Gasteiger partial charge in [0.15, 0.2) is 0 Å². The molecule has 1 atom stereocenters. The number of likely N-dealkylation sites (N-methyl/N-ethyl adjacent to an activating group) is 1. The van der Waals surface area contributed by atoms with E-state index in [0.717, 1.165) is 4.90 Å². The summed E-state index contributed by atoms with van der Waals surface area (Å²) in [5.41, 5.74) is -0.908. The molecule has 1 fully saturated rings. The Morgan fingerprint density at radius 2 is 1.84 bits per heavy atom. The van der Waals surface area contributed by atoms with E-state index >= 15 is 0 Å². The van der Waals surface area contributed by atoms with E-state index < -0.39 is 41.7 Å². The van der Waals surface area contributed by atoms with Crippen molar-refractivity contribution < 1.29 is 23.6 Å². The highest BCUT2D eigenvalue weighted by Crippen LogP contribution is 2.32. The highest BCUT2D eigenvalue weighted by atomic mass is 19.1. The molecule has 25 heavy (non-hydrogen) atoms. The first-order valence-corrected chi connectivity index (χ1v) is 7.71. The highest BCUT2D eigenvalue weighted by molar-refractivity contribution is 6.09. The second kappa shape index (κ2) is 7.29. The van der Waals surface area contributed by atoms with Crippen LogP contribution in [0.2, 0.25) is 0 Å². The molecule has 1 saturated heterocycles. The number of rotatable bonds is 6. The van der Waals surface area contributed by atoms with Gasteiger partial charge in [-0.25, -0.2) is 9.18 Å². The van der Waals surface area contributed by atoms with E-state index in [1.165, 1.54) is 31.3 Å². The Balaban J connectivity index is 2.16. The molecule has 0 unspecified atom stereocenters. The Bertz CT molecular complexity index is 707. The van der Waals surface area contributed by atoms with Crippen molar-refractivity contribution in [2.75, 3.05) is 20.1 Å². The molecule has 8 nitrogen and oxygen atoms in total. The number of urea groups is 1. The molecule has 1 aromatic carbocycles. The summed E-state index contributed by atoms with van der Waals surface area (Å²) >= 11 is 0. The summed E-state index contributed by atoms with van der Waals surface area (Å²) < 4.78 is 13.1. The van der Waals surface area contributed by atoms with Crippen molar-refractivity contribution in [1.29, 1.82) is 0 Å². The van der Waals surface area contributed by atoms with Gasteiger partial charge >= 0.3 is 6.03 Å². The predicted molar refractivity (Wildman–Crippen MR) is 85.7 cm³/mol. The van der Waals surface area contributed by atoms with Gasteiger partial charge < -0.3 is 16.0 Å². The molecule has 1 heterocycles. The maximum absolute atomic E-state index is 13.1. The van der Waals surface area contributed by atoms with Crippen molar-refractivity contribution in [1.82, 2.24) is 20.9 Å². The maximum atomic E-state index is 13.1. The van der Waals surface area contributed by atoms with Crippen molar-refractivity contribution in [3.8, 4) is 0 Å². The van der Waals surface area contributed by atoms with Crippen molar-refractivity contribution in [2.45, 2.75) is 18.9 Å². The van der Waals surface area contributed by atoms with Crippen LogP contribution in [0.15, 0.2) is 24.3 Å². The third-order valence-corrected chi connectivity index (χ3v) is 4.07. The third-order valence-electron chi connectivity index (χ3n) is 4.07. The molecular weight excluding hydrogens is 331 g/mol. The minimum atomic E-state index is -1.34. The zero-order valence-corrected chi connectivity index (χ0v) is 13.9. The number of carbonyl (C=O) groups is 4. The lowest BCUT2D eigenvalue weighted by molar-refractivity contribution is -0.135. The fourth-order valence-corrected chi connectivity index (χ4v) is 2.61. The van der Waals surface area contributed by atoms with Gasteiger partial charge in [-0.3, -0.25) is 19.3 Å². The number of carbonyl (C=O) groups excluding carboxylic acids is 4. The van der Waals surface area contributed by atoms with E-state index in [1.807, 2.05) is 0 Å². The van der Waals surface area contributed by atoms with Gasteiger partial charge in [0, 0.05) is 7.05 Å². The third kappa shape index (κ3) is 3.59. The molecule has 5 amide bonds. The van der Waals surface area contributed by atoms with Gasteiger partial charge in [-0.15, -0.1) is 0 Å². The summed E-state index contributed by atoms with van der Waals surface area (Å²) in [5, 5.41) is 7.24. The largest absolute Gasteiger partial charge is 0.358 e. The van der Waals surface area contributed by atoms with Crippen molar-refractivity contribution in [3.63, 3.8) is 0 Å². The highest BCUT2D eigenvalue weighted by Gasteiger charge is 2.51. The van der Waals surface area contributed by atoms with Crippen LogP contribution in [0.5, 0.6) is 0 Å². The van der Waals surface area contributed by atoms with Crippen LogP contribution >= 0.6 is 0 Å². The second-order valence-corrected chi connectivity index (χ2v) is 5.54. The molecule has 0 aromatic heterocycles. The molecule has 1 aromatic rings. The van der Waals surface area contributed by atoms with Gasteiger partial charge in [0.1, 0.15) is 17.9 Å². The fourth-order valence-electron chi connectivity index (χ4n) is 2.61. The molecule has 3 N–H and O–H groups in total. The van der Waals surface area contributed by atoms with Crippen LogP contribution in [0.3, 0.4) is 0 Å². The molecule has 1 aliphatic heterocycles. The van der Waals surface area contributed by atoms with Gasteiger partial charge in [-0.05, 0) is 24.1 Å². The number of amides is 5. The summed E-state index contributed by atoms with van der Waals surface area (Å²) in [6, 6.07) is 4.53. The van der Waals surface area contributed by atoms with Crippen molar-refractivity contribution in [2.24, 2.45) is 0 Å². The van der Waals surface area contributed by atoms with Gasteiger partial charge in [0.2, 0.25) is 11.8 Å². The number of benzene rings is 1. The number of halogens is 1. The van der Waals surface area contributed by atoms with Crippen LogP contribution in [0, 0.1) is 5.82 Å². The number of nitrogens with zero attached hydrogens (tertiary/aromatic N) is 1. The molecule has 0 aliphatic carbocycles. The van der Waals surface area contributed by atoms with Crippen LogP contribution in [-0.2, 0) is 19.9 Å². The smallest absolute Gasteiger partial charge is 0.325 e. The maximum Gasteiger partial charge on any atom is 0.325 e. The summed E-state index contributed by atoms with van der Waals surface area (Å²) in [4.78, 5) is 48.8. The molecule has 134 valence electrons. The molecule has 0 spiro atoms. The molecule has 0 radical (unpaired) electrons. The lowest BCUT2D eigenvalue weighted by Gasteiger charge is -2.25. The average Bonchev–Trinajstić information content (AvgIpc) is 2.85. The minimum absolute atomic E-state index is 0.236. The normalized spacial score (nSPS) is 19.6. The van der Waals surface area contributed by atoms with E-state index in [-0.39, 0.29) is 13.0 Å². The molecular formula is C16H19FN4O4. The van der Waals surface area contributed by atoms with E-state index in [9.17, 15) is 23.6 Å². The Kier molecular flexibility index (Phi) is 5.35. The summed E-state index contributed by atoms with van der Waals surface area (Å²) in [7, 11) is 1.42. The first-order chi connectivity index (χ1) is 11.8. The van der Waals surface area contributed by atoms with E-state index in [2.05, 4.69) is 16.0 Å². The van der Waals surface area contributed by atoms with Gasteiger partial charge in [-0.1, -0.05) is 19.1 Å². The molecule has 1 aliphatic rings. The Labute approximate surface area is 143 Å². The monoisotopic (exact) mass is 350 g/mol. The second-order valence-electron chi connectivity index (χ2n) is 5.54. The minimum Gasteiger partial charge on any atom is -0.358 e. The average molecular weight is 350 g/mol. The first-order valence-electron chi connectivity index (χ1n) is 7.71. The van der Waals surface area contributed by atoms with Crippen LogP contribution in [-0.4, -0.2) is 48.8 Å². The Morgan fingerprint density at radius 3 is 2.40 bits per heavy atom. The predicted octanol–water partition coefficient (Wildman–Crippen LogP) is -0.155. The SMILES string of the molecule is CC[C@@]1(c2ccc(F)cc2)NC(=O)N(CC(=O)NCC(=O)NC)C1=O. The molecule has 0 saturated carbocycles. The topological polar surface area (TPSA) is 108 Å². The summed E-state index contributed by atoms with van der Waals surface area (Å²) in [5.74, 6) is -2.10. The zero-order chi connectivity index (χ0) is 18.6. The standard InChI is InChI=1S/C16H19FN4O4/c1-3-16(10-4-6-11(17)7-5-10)14(24)21(15(25)20-16)9-13(23)19-8-12(22)18-2/h4-7H,3,8-9H2,1-2H3,(H,18,22)(H,19,23)(H,20,25)/t16-/m0/s1. The van der Waals surface area contributed by atoms with Crippen LogP contribution in [0.1, 0.15) is 18.9 Å². The number of imide groups is 1. The number of hydrogen-bond acceptors (Lipinski definition) is 4. The Morgan fingerprint density at radius 1 is 1.20 bits per heavy atom. The number of nitrogens with one attached hydrogen (secondary N) is 3. The van der Waals surface area contributed by atoms with Gasteiger partial charge in [0.05, 0.1) is 6.54 Å². The number of hydrogen-bond donors (Lipinski definition) is 3. The van der Waals surface area contributed by atoms with Gasteiger partial charge in [-0.2, -0.15) is 0 Å². The van der Waals surface area contributed by atoms with Gasteiger partial charge in [0.25, 0.3) is 5.91 Å².